The Morgan fingerprint density at radius 1 is 1.45 bits per heavy atom. The van der Waals surface area contributed by atoms with Crippen LogP contribution in [0.2, 0.25) is 0 Å². The van der Waals surface area contributed by atoms with Crippen molar-refractivity contribution in [1.82, 2.24) is 10.3 Å². The summed E-state index contributed by atoms with van der Waals surface area (Å²) in [6.07, 6.45) is 2.35. The molecular weight excluding hydrogens is 278 g/mol. The number of aromatic nitrogens is 1. The van der Waals surface area contributed by atoms with Crippen molar-refractivity contribution in [2.24, 2.45) is 0 Å². The number of carbonyl (C=O) groups excluding carboxylic acids is 2. The lowest BCUT2D eigenvalue weighted by Gasteiger charge is -2.11. The number of hydrogen-bond acceptors (Lipinski definition) is 6. The molecular formula is C13H17N3O3S. The van der Waals surface area contributed by atoms with Crippen LogP contribution in [-0.4, -0.2) is 36.1 Å². The van der Waals surface area contributed by atoms with E-state index in [0.717, 1.165) is 0 Å². The predicted octanol–water partition coefficient (Wildman–Crippen LogP) is 1.59. The minimum absolute atomic E-state index is 0.171. The molecule has 108 valence electrons. The molecule has 1 unspecified atom stereocenters. The van der Waals surface area contributed by atoms with Gasteiger partial charge < -0.3 is 15.4 Å². The molecule has 0 aromatic carbocycles. The van der Waals surface area contributed by atoms with Crippen molar-refractivity contribution in [2.75, 3.05) is 18.4 Å². The Labute approximate surface area is 121 Å². The summed E-state index contributed by atoms with van der Waals surface area (Å²) < 4.78 is 5.02. The molecule has 0 fully saturated rings. The van der Waals surface area contributed by atoms with Gasteiger partial charge in [0.15, 0.2) is 16.9 Å². The molecule has 1 aromatic rings. The molecule has 1 heterocycles. The van der Waals surface area contributed by atoms with Gasteiger partial charge in [-0.3, -0.25) is 4.79 Å². The van der Waals surface area contributed by atoms with Gasteiger partial charge in [-0.15, -0.1) is 24.5 Å². The van der Waals surface area contributed by atoms with Crippen molar-refractivity contribution in [3.05, 3.63) is 36.4 Å². The Balaban J connectivity index is 2.53. The van der Waals surface area contributed by atoms with Crippen LogP contribution >= 0.6 is 11.3 Å². The zero-order valence-corrected chi connectivity index (χ0v) is 12.0. The van der Waals surface area contributed by atoms with Crippen LogP contribution in [0.15, 0.2) is 30.7 Å². The molecule has 0 aliphatic rings. The van der Waals surface area contributed by atoms with Gasteiger partial charge in [0.1, 0.15) is 0 Å². The number of hydrogen-bond donors (Lipinski definition) is 2. The monoisotopic (exact) mass is 295 g/mol. The zero-order valence-electron chi connectivity index (χ0n) is 11.2. The summed E-state index contributed by atoms with van der Waals surface area (Å²) in [6, 6.07) is 0. The highest BCUT2D eigenvalue weighted by Crippen LogP contribution is 2.16. The number of ether oxygens (including phenoxy) is 1. The summed E-state index contributed by atoms with van der Waals surface area (Å²) >= 11 is 1.28. The summed E-state index contributed by atoms with van der Waals surface area (Å²) in [7, 11) is 0. The molecule has 0 aliphatic heterocycles. The molecule has 0 saturated carbocycles. The molecule has 0 bridgehead atoms. The van der Waals surface area contributed by atoms with E-state index < -0.39 is 12.1 Å². The molecule has 20 heavy (non-hydrogen) atoms. The molecule has 0 radical (unpaired) electrons. The molecule has 0 spiro atoms. The molecule has 1 atom stereocenters. The smallest absolute Gasteiger partial charge is 0.358 e. The van der Waals surface area contributed by atoms with Crippen LogP contribution in [0.4, 0.5) is 5.13 Å². The Kier molecular flexibility index (Phi) is 6.45. The van der Waals surface area contributed by atoms with Crippen molar-refractivity contribution in [1.29, 1.82) is 0 Å². The third kappa shape index (κ3) is 4.85. The van der Waals surface area contributed by atoms with Gasteiger partial charge in [-0.25, -0.2) is 9.78 Å². The zero-order chi connectivity index (χ0) is 15.0. The highest BCUT2D eigenvalue weighted by Gasteiger charge is 2.20. The topological polar surface area (TPSA) is 80.3 Å². The summed E-state index contributed by atoms with van der Waals surface area (Å²) in [5.41, 5.74) is 0.171. The normalized spacial score (nSPS) is 11.2. The van der Waals surface area contributed by atoms with E-state index in [-0.39, 0.29) is 11.6 Å². The minimum Gasteiger partial charge on any atom is -0.448 e. The average molecular weight is 295 g/mol. The van der Waals surface area contributed by atoms with Crippen LogP contribution in [0.25, 0.3) is 0 Å². The van der Waals surface area contributed by atoms with E-state index in [2.05, 4.69) is 28.8 Å². The third-order valence-corrected chi connectivity index (χ3v) is 2.98. The summed E-state index contributed by atoms with van der Waals surface area (Å²) in [6.45, 7) is 9.44. The maximum Gasteiger partial charge on any atom is 0.358 e. The number of nitrogens with one attached hydrogen (secondary N) is 2. The van der Waals surface area contributed by atoms with Crippen molar-refractivity contribution in [3.8, 4) is 0 Å². The largest absolute Gasteiger partial charge is 0.448 e. The van der Waals surface area contributed by atoms with Crippen LogP contribution in [0.5, 0.6) is 0 Å². The van der Waals surface area contributed by atoms with Crippen molar-refractivity contribution >= 4 is 28.3 Å². The quantitative estimate of drug-likeness (QED) is 0.562. The Morgan fingerprint density at radius 3 is 2.80 bits per heavy atom. The molecule has 7 heteroatoms. The maximum atomic E-state index is 11.8. The first-order chi connectivity index (χ1) is 9.58. The molecule has 0 saturated heterocycles. The lowest BCUT2D eigenvalue weighted by molar-refractivity contribution is -0.128. The SMILES string of the molecule is C=CCNC(=O)C(C)OC(=O)c1csc(NCC=C)n1. The van der Waals surface area contributed by atoms with E-state index >= 15 is 0 Å². The van der Waals surface area contributed by atoms with Crippen molar-refractivity contribution in [2.45, 2.75) is 13.0 Å². The van der Waals surface area contributed by atoms with Gasteiger partial charge in [0.25, 0.3) is 5.91 Å². The number of amides is 1. The number of nitrogens with zero attached hydrogens (tertiary/aromatic N) is 1. The van der Waals surface area contributed by atoms with Crippen molar-refractivity contribution < 1.29 is 14.3 Å². The van der Waals surface area contributed by atoms with Gasteiger partial charge in [-0.2, -0.15) is 0 Å². The number of esters is 1. The molecule has 1 aromatic heterocycles. The summed E-state index contributed by atoms with van der Waals surface area (Å²) in [5, 5.41) is 7.68. The number of thiazole rings is 1. The van der Waals surface area contributed by atoms with Gasteiger partial charge in [0, 0.05) is 18.5 Å². The number of carbonyl (C=O) groups is 2. The lowest BCUT2D eigenvalue weighted by atomic mass is 10.3. The van der Waals surface area contributed by atoms with E-state index in [0.29, 0.717) is 18.2 Å². The van der Waals surface area contributed by atoms with E-state index in [1.54, 1.807) is 17.5 Å². The fourth-order valence-corrected chi connectivity index (χ4v) is 1.89. The Morgan fingerprint density at radius 2 is 2.15 bits per heavy atom. The molecule has 1 rings (SSSR count). The van der Waals surface area contributed by atoms with Gasteiger partial charge >= 0.3 is 5.97 Å². The number of rotatable bonds is 8. The first-order valence-electron chi connectivity index (χ1n) is 5.98. The van der Waals surface area contributed by atoms with E-state index in [4.69, 9.17) is 4.74 Å². The average Bonchev–Trinajstić information content (AvgIpc) is 2.91. The molecule has 6 nitrogen and oxygen atoms in total. The lowest BCUT2D eigenvalue weighted by Crippen LogP contribution is -2.35. The first kappa shape index (κ1) is 15.9. The second-order valence-corrected chi connectivity index (χ2v) is 4.65. The molecule has 0 aliphatic carbocycles. The van der Waals surface area contributed by atoms with E-state index in [9.17, 15) is 9.59 Å². The van der Waals surface area contributed by atoms with Crippen LogP contribution < -0.4 is 10.6 Å². The second kappa shape index (κ2) is 8.11. The fraction of sp³-hybridized carbons (Fsp3) is 0.308. The van der Waals surface area contributed by atoms with Gasteiger partial charge in [0.2, 0.25) is 0 Å². The van der Waals surface area contributed by atoms with Gasteiger partial charge in [-0.1, -0.05) is 12.2 Å². The highest BCUT2D eigenvalue weighted by atomic mass is 32.1. The summed E-state index contributed by atoms with van der Waals surface area (Å²) in [5.74, 6) is -1.01. The van der Waals surface area contributed by atoms with Crippen LogP contribution in [-0.2, 0) is 9.53 Å². The first-order valence-corrected chi connectivity index (χ1v) is 6.86. The Bertz CT molecular complexity index is 499. The van der Waals surface area contributed by atoms with Crippen LogP contribution in [0.1, 0.15) is 17.4 Å². The second-order valence-electron chi connectivity index (χ2n) is 3.79. The van der Waals surface area contributed by atoms with Crippen LogP contribution in [0.3, 0.4) is 0 Å². The van der Waals surface area contributed by atoms with Crippen molar-refractivity contribution in [3.63, 3.8) is 0 Å². The highest BCUT2D eigenvalue weighted by molar-refractivity contribution is 7.13. The van der Waals surface area contributed by atoms with E-state index in [1.807, 2.05) is 0 Å². The van der Waals surface area contributed by atoms with Gasteiger partial charge in [-0.05, 0) is 6.92 Å². The molecule has 1 amide bonds. The fourth-order valence-electron chi connectivity index (χ4n) is 1.20. The maximum absolute atomic E-state index is 11.8. The predicted molar refractivity (Wildman–Crippen MR) is 78.9 cm³/mol. The Hall–Kier alpha value is -2.15. The standard InChI is InChI=1S/C13H17N3O3S/c1-4-6-14-11(17)9(3)19-12(18)10-8-20-13(16-10)15-7-5-2/h4-5,8-9H,1-2,6-7H2,3H3,(H,14,17)(H,15,16). The third-order valence-electron chi connectivity index (χ3n) is 2.18. The number of anilines is 1. The van der Waals surface area contributed by atoms with Crippen LogP contribution in [0, 0.1) is 0 Å². The van der Waals surface area contributed by atoms with E-state index in [1.165, 1.54) is 18.3 Å². The summed E-state index contributed by atoms with van der Waals surface area (Å²) in [4.78, 5) is 27.4. The minimum atomic E-state index is -0.881. The van der Waals surface area contributed by atoms with Gasteiger partial charge in [0.05, 0.1) is 0 Å². The molecule has 2 N–H and O–H groups in total.